The lowest BCUT2D eigenvalue weighted by Crippen LogP contribution is -1.91. The van der Waals surface area contributed by atoms with Crippen LogP contribution < -0.4 is 10.2 Å². The van der Waals surface area contributed by atoms with Crippen molar-refractivity contribution < 1.29 is 4.74 Å². The summed E-state index contributed by atoms with van der Waals surface area (Å²) in [7, 11) is 1.55. The van der Waals surface area contributed by atoms with Crippen molar-refractivity contribution in [2.45, 2.75) is 6.92 Å². The Morgan fingerprint density at radius 2 is 2.00 bits per heavy atom. The summed E-state index contributed by atoms with van der Waals surface area (Å²) in [6.45, 7) is 1.92. The van der Waals surface area contributed by atoms with Crippen LogP contribution >= 0.6 is 0 Å². The van der Waals surface area contributed by atoms with Crippen LogP contribution in [0.4, 0.5) is 0 Å². The molecule has 0 aromatic heterocycles. The number of methoxy groups -OCH3 is 1. The molecule has 0 saturated carbocycles. The summed E-state index contributed by atoms with van der Waals surface area (Å²) in [4.78, 5) is 10.9. The van der Waals surface area contributed by atoms with Crippen LogP contribution in [0.15, 0.2) is 29.1 Å². The summed E-state index contributed by atoms with van der Waals surface area (Å²) in [5.74, 6) is 0.609. The van der Waals surface area contributed by atoms with Gasteiger partial charge >= 0.3 is 0 Å². The van der Waals surface area contributed by atoms with Crippen molar-refractivity contribution in [1.82, 2.24) is 0 Å². The molecule has 2 heteroatoms. The van der Waals surface area contributed by atoms with Crippen molar-refractivity contribution in [2.24, 2.45) is 0 Å². The fourth-order valence-electron chi connectivity index (χ4n) is 0.834. The van der Waals surface area contributed by atoms with Gasteiger partial charge in [-0.05, 0) is 24.6 Å². The van der Waals surface area contributed by atoms with E-state index in [-0.39, 0.29) is 5.43 Å². The molecule has 0 spiro atoms. The predicted molar refractivity (Wildman–Crippen MR) is 44.0 cm³/mol. The lowest BCUT2D eigenvalue weighted by atomic mass is 10.3. The highest BCUT2D eigenvalue weighted by atomic mass is 16.5. The molecule has 0 amide bonds. The Hall–Kier alpha value is -1.31. The molecule has 58 valence electrons. The maximum atomic E-state index is 10.9. The van der Waals surface area contributed by atoms with Gasteiger partial charge in [0.1, 0.15) is 5.75 Å². The van der Waals surface area contributed by atoms with Crippen LogP contribution in [0.25, 0.3) is 0 Å². The molecule has 1 aromatic carbocycles. The predicted octanol–water partition coefficient (Wildman–Crippen LogP) is 1.36. The van der Waals surface area contributed by atoms with Crippen molar-refractivity contribution in [3.05, 3.63) is 40.1 Å². The molecule has 0 aliphatic carbocycles. The van der Waals surface area contributed by atoms with E-state index in [1.54, 1.807) is 13.2 Å². The van der Waals surface area contributed by atoms with Gasteiger partial charge in [-0.1, -0.05) is 6.07 Å². The van der Waals surface area contributed by atoms with Crippen LogP contribution in [0.3, 0.4) is 0 Å². The van der Waals surface area contributed by atoms with Gasteiger partial charge in [-0.2, -0.15) is 0 Å². The van der Waals surface area contributed by atoms with Gasteiger partial charge in [0.25, 0.3) is 0 Å². The maximum Gasteiger partial charge on any atom is 0.182 e. The number of ether oxygens (including phenoxy) is 1. The first-order valence-corrected chi connectivity index (χ1v) is 3.38. The molecule has 0 atom stereocenters. The zero-order valence-corrected chi connectivity index (χ0v) is 6.63. The molecule has 1 aromatic rings. The SMILES string of the molecule is COc1cc(C)ccc(=O)c1. The third-order valence-corrected chi connectivity index (χ3v) is 1.40. The largest absolute Gasteiger partial charge is 0.497 e. The highest BCUT2D eigenvalue weighted by Crippen LogP contribution is 2.06. The van der Waals surface area contributed by atoms with Gasteiger partial charge in [-0.25, -0.2) is 0 Å². The molecule has 0 aliphatic rings. The molecular weight excluding hydrogens is 140 g/mol. The van der Waals surface area contributed by atoms with Crippen LogP contribution in [-0.4, -0.2) is 7.11 Å². The summed E-state index contributed by atoms with van der Waals surface area (Å²) in [6.07, 6.45) is 0. The minimum absolute atomic E-state index is 0.0325. The van der Waals surface area contributed by atoms with Crippen molar-refractivity contribution in [3.63, 3.8) is 0 Å². The lowest BCUT2D eigenvalue weighted by molar-refractivity contribution is 0.414. The van der Waals surface area contributed by atoms with Gasteiger partial charge in [0.05, 0.1) is 7.11 Å². The summed E-state index contributed by atoms with van der Waals surface area (Å²) in [5.41, 5.74) is 0.985. The highest BCUT2D eigenvalue weighted by molar-refractivity contribution is 5.25. The number of aryl methyl sites for hydroxylation is 1. The molecule has 0 fully saturated rings. The molecule has 0 saturated heterocycles. The van der Waals surface area contributed by atoms with Gasteiger partial charge in [-0.15, -0.1) is 0 Å². The smallest absolute Gasteiger partial charge is 0.182 e. The van der Waals surface area contributed by atoms with Crippen molar-refractivity contribution in [3.8, 4) is 5.75 Å². The Kier molecular flexibility index (Phi) is 2.26. The first-order chi connectivity index (χ1) is 5.22. The Labute approximate surface area is 65.4 Å². The summed E-state index contributed by atoms with van der Waals surface area (Å²) in [5, 5.41) is 0. The van der Waals surface area contributed by atoms with E-state index in [1.807, 2.05) is 13.0 Å². The quantitative estimate of drug-likeness (QED) is 0.604. The molecule has 0 radical (unpaired) electrons. The average Bonchev–Trinajstić information content (AvgIpc) is 2.13. The third-order valence-electron chi connectivity index (χ3n) is 1.40. The van der Waals surface area contributed by atoms with Crippen LogP contribution in [0.1, 0.15) is 5.56 Å². The Morgan fingerprint density at radius 3 is 2.64 bits per heavy atom. The molecule has 1 rings (SSSR count). The first-order valence-electron chi connectivity index (χ1n) is 3.38. The van der Waals surface area contributed by atoms with Crippen LogP contribution in [0.5, 0.6) is 5.75 Å². The van der Waals surface area contributed by atoms with Gasteiger partial charge in [0.15, 0.2) is 5.43 Å². The molecular formula is C9H10O2. The maximum absolute atomic E-state index is 10.9. The highest BCUT2D eigenvalue weighted by Gasteiger charge is 1.89. The van der Waals surface area contributed by atoms with Crippen LogP contribution in [-0.2, 0) is 0 Å². The average molecular weight is 150 g/mol. The zero-order chi connectivity index (χ0) is 8.27. The van der Waals surface area contributed by atoms with Crippen molar-refractivity contribution >= 4 is 0 Å². The number of rotatable bonds is 1. The number of hydrogen-bond donors (Lipinski definition) is 0. The molecule has 0 unspecified atom stereocenters. The standard InChI is InChI=1S/C9H10O2/c1-7-3-4-8(10)6-9(5-7)11-2/h3-6H,1-2H3. The van der Waals surface area contributed by atoms with E-state index in [4.69, 9.17) is 4.74 Å². The van der Waals surface area contributed by atoms with E-state index >= 15 is 0 Å². The van der Waals surface area contributed by atoms with E-state index in [2.05, 4.69) is 0 Å². The molecule has 2 nitrogen and oxygen atoms in total. The summed E-state index contributed by atoms with van der Waals surface area (Å²) < 4.78 is 4.94. The molecule has 0 heterocycles. The third kappa shape index (κ3) is 2.08. The molecule has 11 heavy (non-hydrogen) atoms. The van der Waals surface area contributed by atoms with Crippen molar-refractivity contribution in [2.75, 3.05) is 7.11 Å². The van der Waals surface area contributed by atoms with E-state index in [1.165, 1.54) is 12.1 Å². The second kappa shape index (κ2) is 3.19. The molecule has 0 bridgehead atoms. The van der Waals surface area contributed by atoms with Crippen molar-refractivity contribution in [1.29, 1.82) is 0 Å². The van der Waals surface area contributed by atoms with E-state index < -0.39 is 0 Å². The summed E-state index contributed by atoms with van der Waals surface area (Å²) in [6, 6.07) is 6.58. The van der Waals surface area contributed by atoms with Gasteiger partial charge in [-0.3, -0.25) is 4.79 Å². The Bertz CT molecular complexity index is 305. The monoisotopic (exact) mass is 150 g/mol. The second-order valence-electron chi connectivity index (χ2n) is 2.37. The van der Waals surface area contributed by atoms with Gasteiger partial charge in [0, 0.05) is 6.07 Å². The molecule has 0 N–H and O–H groups in total. The molecule has 0 aliphatic heterocycles. The van der Waals surface area contributed by atoms with Crippen LogP contribution in [0, 0.1) is 6.92 Å². The van der Waals surface area contributed by atoms with E-state index in [9.17, 15) is 4.79 Å². The summed E-state index contributed by atoms with van der Waals surface area (Å²) >= 11 is 0. The Morgan fingerprint density at radius 1 is 1.27 bits per heavy atom. The second-order valence-corrected chi connectivity index (χ2v) is 2.37. The van der Waals surface area contributed by atoms with E-state index in [0.29, 0.717) is 5.75 Å². The fourth-order valence-corrected chi connectivity index (χ4v) is 0.834. The topological polar surface area (TPSA) is 26.3 Å². The van der Waals surface area contributed by atoms with Crippen LogP contribution in [0.2, 0.25) is 0 Å². The van der Waals surface area contributed by atoms with Gasteiger partial charge in [0.2, 0.25) is 0 Å². The normalized spacial score (nSPS) is 9.27. The van der Waals surface area contributed by atoms with E-state index in [0.717, 1.165) is 5.56 Å². The minimum Gasteiger partial charge on any atom is -0.497 e. The zero-order valence-electron chi connectivity index (χ0n) is 6.63. The lowest BCUT2D eigenvalue weighted by Gasteiger charge is -1.92. The number of hydrogen-bond acceptors (Lipinski definition) is 2. The first kappa shape index (κ1) is 7.79. The minimum atomic E-state index is -0.0325. The Balaban J connectivity index is 3.32. The fraction of sp³-hybridized carbons (Fsp3) is 0.222. The van der Waals surface area contributed by atoms with Gasteiger partial charge < -0.3 is 4.74 Å².